The summed E-state index contributed by atoms with van der Waals surface area (Å²) in [7, 11) is 0. The van der Waals surface area contributed by atoms with Crippen molar-refractivity contribution in [2.45, 2.75) is 38.2 Å². The van der Waals surface area contributed by atoms with Gasteiger partial charge in [0.15, 0.2) is 0 Å². The van der Waals surface area contributed by atoms with E-state index in [1.54, 1.807) is 12.3 Å². The molecular weight excluding hydrogens is 364 g/mol. The number of hydrogen-bond acceptors (Lipinski definition) is 7. The van der Waals surface area contributed by atoms with E-state index in [-0.39, 0.29) is 18.7 Å². The van der Waals surface area contributed by atoms with Crippen molar-refractivity contribution in [3.05, 3.63) is 47.0 Å². The second-order valence-electron chi connectivity index (χ2n) is 6.79. The van der Waals surface area contributed by atoms with E-state index in [0.29, 0.717) is 17.8 Å². The molecule has 3 aromatic rings. The lowest BCUT2D eigenvalue weighted by Crippen LogP contribution is -2.27. The molecule has 1 saturated heterocycles. The summed E-state index contributed by atoms with van der Waals surface area (Å²) in [6, 6.07) is 9.31. The molecule has 0 aliphatic carbocycles. The molecule has 1 aliphatic rings. The van der Waals surface area contributed by atoms with Gasteiger partial charge in [-0.3, -0.25) is 4.57 Å². The van der Waals surface area contributed by atoms with Gasteiger partial charge in [-0.1, -0.05) is 6.92 Å². The maximum atomic E-state index is 12.4. The molecule has 0 saturated carbocycles. The van der Waals surface area contributed by atoms with Gasteiger partial charge in [0, 0.05) is 18.2 Å². The van der Waals surface area contributed by atoms with Gasteiger partial charge in [0.25, 0.3) is 0 Å². The molecule has 0 amide bonds. The number of aliphatic hydroxyl groups excluding tert-OH is 2. The van der Waals surface area contributed by atoms with Crippen LogP contribution < -0.4 is 10.4 Å². The molecule has 0 bridgehead atoms. The first-order valence-corrected chi connectivity index (χ1v) is 9.29. The minimum absolute atomic E-state index is 0.211. The zero-order valence-electron chi connectivity index (χ0n) is 15.4. The Bertz CT molecular complexity index is 1010. The zero-order chi connectivity index (χ0) is 19.7. The van der Waals surface area contributed by atoms with Crippen LogP contribution in [0.4, 0.5) is 0 Å². The molecule has 1 fully saturated rings. The molecule has 3 unspecified atom stereocenters. The predicted molar refractivity (Wildman–Crippen MR) is 101 cm³/mol. The number of fused-ring (bicyclic) bond motifs is 1. The Morgan fingerprint density at radius 2 is 2.11 bits per heavy atom. The molecule has 3 atom stereocenters. The fourth-order valence-electron chi connectivity index (χ4n) is 3.26. The van der Waals surface area contributed by atoms with Crippen LogP contribution in [0, 0.1) is 0 Å². The van der Waals surface area contributed by atoms with E-state index in [1.807, 2.05) is 31.2 Å². The first-order chi connectivity index (χ1) is 13.6. The summed E-state index contributed by atoms with van der Waals surface area (Å²) < 4.78 is 18.2. The number of nitrogens with zero attached hydrogens (tertiary/aromatic N) is 2. The zero-order valence-corrected chi connectivity index (χ0v) is 15.4. The van der Waals surface area contributed by atoms with Gasteiger partial charge in [0.05, 0.1) is 24.7 Å². The Morgan fingerprint density at radius 1 is 1.32 bits per heavy atom. The van der Waals surface area contributed by atoms with Crippen molar-refractivity contribution in [2.24, 2.45) is 0 Å². The van der Waals surface area contributed by atoms with E-state index in [1.165, 1.54) is 4.57 Å². The van der Waals surface area contributed by atoms with Crippen molar-refractivity contribution < 1.29 is 24.1 Å². The molecule has 3 heterocycles. The lowest BCUT2D eigenvalue weighted by molar-refractivity contribution is -0.0457. The van der Waals surface area contributed by atoms with Gasteiger partial charge in [-0.25, -0.2) is 4.79 Å². The van der Waals surface area contributed by atoms with E-state index in [2.05, 4.69) is 4.98 Å². The van der Waals surface area contributed by atoms with Crippen LogP contribution in [0.5, 0.6) is 5.75 Å². The summed E-state index contributed by atoms with van der Waals surface area (Å²) in [5.41, 5.74) is 0.543. The van der Waals surface area contributed by atoms with E-state index in [0.717, 1.165) is 17.7 Å². The first kappa shape index (κ1) is 18.7. The summed E-state index contributed by atoms with van der Waals surface area (Å²) in [5.74, 6) is 1.37. The Balaban J connectivity index is 1.62. The quantitative estimate of drug-likeness (QED) is 0.668. The lowest BCUT2D eigenvalue weighted by Gasteiger charge is -2.13. The summed E-state index contributed by atoms with van der Waals surface area (Å²) in [4.78, 5) is 16.4. The van der Waals surface area contributed by atoms with Gasteiger partial charge < -0.3 is 24.1 Å². The Morgan fingerprint density at radius 3 is 2.79 bits per heavy atom. The van der Waals surface area contributed by atoms with Gasteiger partial charge in [-0.2, -0.15) is 4.98 Å². The molecule has 4 rings (SSSR count). The normalized spacial score (nSPS) is 22.0. The SMILES string of the molecule is CCCOc1ccc(-c2cc3cn(C4CC(O)C(CO)O4)c(=O)nc3o2)cc1. The summed E-state index contributed by atoms with van der Waals surface area (Å²) in [6.45, 7) is 2.40. The molecule has 8 heteroatoms. The maximum Gasteiger partial charge on any atom is 0.353 e. The highest BCUT2D eigenvalue weighted by Gasteiger charge is 2.35. The fourth-order valence-corrected chi connectivity index (χ4v) is 3.26. The third-order valence-electron chi connectivity index (χ3n) is 4.74. The number of rotatable bonds is 6. The van der Waals surface area contributed by atoms with E-state index in [4.69, 9.17) is 13.9 Å². The first-order valence-electron chi connectivity index (χ1n) is 9.29. The summed E-state index contributed by atoms with van der Waals surface area (Å²) in [5, 5.41) is 19.8. The Hall–Kier alpha value is -2.68. The average molecular weight is 386 g/mol. The van der Waals surface area contributed by atoms with Gasteiger partial charge in [0.1, 0.15) is 23.8 Å². The van der Waals surface area contributed by atoms with Crippen molar-refractivity contribution in [3.8, 4) is 17.1 Å². The van der Waals surface area contributed by atoms with Crippen LogP contribution in [0.1, 0.15) is 26.0 Å². The minimum atomic E-state index is -0.828. The van der Waals surface area contributed by atoms with Crippen LogP contribution in [-0.2, 0) is 4.74 Å². The summed E-state index contributed by atoms with van der Waals surface area (Å²) >= 11 is 0. The topological polar surface area (TPSA) is 107 Å². The molecule has 1 aromatic carbocycles. The molecule has 2 N–H and O–H groups in total. The number of furan rings is 1. The third-order valence-corrected chi connectivity index (χ3v) is 4.74. The van der Waals surface area contributed by atoms with Crippen LogP contribution in [0.15, 0.2) is 45.7 Å². The largest absolute Gasteiger partial charge is 0.494 e. The molecule has 8 nitrogen and oxygen atoms in total. The predicted octanol–water partition coefficient (Wildman–Crippen LogP) is 2.09. The van der Waals surface area contributed by atoms with Gasteiger partial charge >= 0.3 is 5.69 Å². The smallest absolute Gasteiger partial charge is 0.353 e. The highest BCUT2D eigenvalue weighted by Crippen LogP contribution is 2.30. The second kappa shape index (κ2) is 7.75. The molecular formula is C20H22N2O6. The van der Waals surface area contributed by atoms with Crippen molar-refractivity contribution in [1.29, 1.82) is 0 Å². The number of benzene rings is 1. The van der Waals surface area contributed by atoms with Crippen molar-refractivity contribution in [3.63, 3.8) is 0 Å². The van der Waals surface area contributed by atoms with Crippen molar-refractivity contribution in [2.75, 3.05) is 13.2 Å². The number of aromatic nitrogens is 2. The van der Waals surface area contributed by atoms with E-state index < -0.39 is 24.1 Å². The Labute approximate surface area is 161 Å². The highest BCUT2D eigenvalue weighted by atomic mass is 16.5. The molecule has 0 radical (unpaired) electrons. The van der Waals surface area contributed by atoms with Crippen LogP contribution in [0.25, 0.3) is 22.4 Å². The molecule has 28 heavy (non-hydrogen) atoms. The van der Waals surface area contributed by atoms with Gasteiger partial charge in [-0.15, -0.1) is 0 Å². The van der Waals surface area contributed by atoms with Gasteiger partial charge in [-0.05, 0) is 36.8 Å². The fraction of sp³-hybridized carbons (Fsp3) is 0.400. The number of aliphatic hydroxyl groups is 2. The lowest BCUT2D eigenvalue weighted by atomic mass is 10.1. The van der Waals surface area contributed by atoms with Crippen molar-refractivity contribution in [1.82, 2.24) is 9.55 Å². The molecule has 2 aromatic heterocycles. The van der Waals surface area contributed by atoms with Crippen LogP contribution in [0.3, 0.4) is 0 Å². The van der Waals surface area contributed by atoms with Crippen LogP contribution >= 0.6 is 0 Å². The Kier molecular flexibility index (Phi) is 5.17. The second-order valence-corrected chi connectivity index (χ2v) is 6.79. The number of hydrogen-bond donors (Lipinski definition) is 2. The molecule has 1 aliphatic heterocycles. The molecule has 0 spiro atoms. The number of ether oxygens (including phenoxy) is 2. The molecule has 148 valence electrons. The average Bonchev–Trinajstić information content (AvgIpc) is 3.28. The van der Waals surface area contributed by atoms with Crippen LogP contribution in [0.2, 0.25) is 0 Å². The van der Waals surface area contributed by atoms with Gasteiger partial charge in [0.2, 0.25) is 5.71 Å². The standard InChI is InChI=1S/C20H22N2O6/c1-2-7-26-14-5-3-12(4-6-14)16-8-13-10-22(20(25)21-19(13)28-16)18-9-15(24)17(11-23)27-18/h3-6,8,10,15,17-18,23-24H,2,7,9,11H2,1H3. The van der Waals surface area contributed by atoms with Crippen molar-refractivity contribution >= 4 is 11.1 Å². The monoisotopic (exact) mass is 386 g/mol. The maximum absolute atomic E-state index is 12.4. The third kappa shape index (κ3) is 3.54. The van der Waals surface area contributed by atoms with E-state index >= 15 is 0 Å². The summed E-state index contributed by atoms with van der Waals surface area (Å²) in [6.07, 6.45) is 0.544. The highest BCUT2D eigenvalue weighted by molar-refractivity contribution is 5.79. The van der Waals surface area contributed by atoms with E-state index in [9.17, 15) is 15.0 Å². The van der Waals surface area contributed by atoms with Crippen LogP contribution in [-0.4, -0.2) is 45.2 Å². The minimum Gasteiger partial charge on any atom is -0.494 e.